The summed E-state index contributed by atoms with van der Waals surface area (Å²) in [6.07, 6.45) is 0.424. The number of hydrogen-bond donors (Lipinski definition) is 1. The number of aliphatic hydroxyl groups excluding tert-OH is 1. The van der Waals surface area contributed by atoms with E-state index in [1.165, 1.54) is 13.0 Å². The number of fused-ring (bicyclic) bond motifs is 1. The molecule has 0 fully saturated rings. The van der Waals surface area contributed by atoms with Gasteiger partial charge in [-0.15, -0.1) is 0 Å². The number of nitrogens with zero attached hydrogens (tertiary/aromatic N) is 1. The Kier molecular flexibility index (Phi) is 3.39. The van der Waals surface area contributed by atoms with Crippen LogP contribution in [-0.2, 0) is 0 Å². The Labute approximate surface area is 120 Å². The van der Waals surface area contributed by atoms with Gasteiger partial charge in [-0.25, -0.2) is 8.78 Å². The van der Waals surface area contributed by atoms with Crippen LogP contribution in [0.2, 0.25) is 0 Å². The van der Waals surface area contributed by atoms with Crippen LogP contribution in [0.3, 0.4) is 0 Å². The normalized spacial score (nSPS) is 12.6. The van der Waals surface area contributed by atoms with Crippen molar-refractivity contribution in [1.29, 1.82) is 0 Å². The predicted molar refractivity (Wildman–Crippen MR) is 76.9 cm³/mol. The molecule has 0 amide bonds. The van der Waals surface area contributed by atoms with Crippen LogP contribution < -0.4 is 0 Å². The lowest BCUT2D eigenvalue weighted by molar-refractivity contribution is 0.216. The zero-order valence-electron chi connectivity index (χ0n) is 11.3. The van der Waals surface area contributed by atoms with Gasteiger partial charge in [-0.3, -0.25) is 4.98 Å². The third kappa shape index (κ3) is 2.38. The van der Waals surface area contributed by atoms with Gasteiger partial charge in [0.2, 0.25) is 0 Å². The SMILES string of the molecule is Cc1cc(C(O)c2cccc3cccnc23)c(F)cc1F. The van der Waals surface area contributed by atoms with Gasteiger partial charge in [0.25, 0.3) is 0 Å². The van der Waals surface area contributed by atoms with E-state index >= 15 is 0 Å². The number of para-hydroxylation sites is 1. The van der Waals surface area contributed by atoms with Crippen molar-refractivity contribution in [3.8, 4) is 0 Å². The lowest BCUT2D eigenvalue weighted by atomic mass is 9.97. The van der Waals surface area contributed by atoms with Gasteiger partial charge in [-0.2, -0.15) is 0 Å². The number of benzene rings is 2. The van der Waals surface area contributed by atoms with Crippen LogP contribution in [0.4, 0.5) is 8.78 Å². The second-order valence-corrected chi connectivity index (χ2v) is 4.95. The number of halogens is 2. The molecule has 21 heavy (non-hydrogen) atoms. The highest BCUT2D eigenvalue weighted by molar-refractivity contribution is 5.82. The molecule has 4 heteroatoms. The van der Waals surface area contributed by atoms with Crippen LogP contribution >= 0.6 is 0 Å². The first-order chi connectivity index (χ1) is 10.1. The third-order valence-electron chi connectivity index (χ3n) is 3.53. The van der Waals surface area contributed by atoms with Crippen molar-refractivity contribution in [2.45, 2.75) is 13.0 Å². The van der Waals surface area contributed by atoms with E-state index < -0.39 is 17.7 Å². The molecule has 106 valence electrons. The molecule has 0 bridgehead atoms. The standard InChI is InChI=1S/C17H13F2NO/c1-10-8-13(15(19)9-14(10)18)17(21)12-6-2-4-11-5-3-7-20-16(11)12/h2-9,17,21H,1H3. The Morgan fingerprint density at radius 1 is 1.00 bits per heavy atom. The van der Waals surface area contributed by atoms with Gasteiger partial charge in [-0.05, 0) is 24.6 Å². The van der Waals surface area contributed by atoms with Crippen molar-refractivity contribution in [2.75, 3.05) is 0 Å². The minimum atomic E-state index is -1.19. The van der Waals surface area contributed by atoms with Crippen LogP contribution in [0.1, 0.15) is 22.8 Å². The maximum Gasteiger partial charge on any atom is 0.132 e. The summed E-state index contributed by atoms with van der Waals surface area (Å²) in [6, 6.07) is 11.1. The van der Waals surface area contributed by atoms with Crippen molar-refractivity contribution in [3.05, 3.63) is 77.0 Å². The zero-order valence-corrected chi connectivity index (χ0v) is 11.3. The minimum Gasteiger partial charge on any atom is -0.383 e. The molecule has 2 aromatic carbocycles. The van der Waals surface area contributed by atoms with Crippen LogP contribution in [0.15, 0.2) is 48.7 Å². The zero-order chi connectivity index (χ0) is 15.0. The van der Waals surface area contributed by atoms with Crippen molar-refractivity contribution in [3.63, 3.8) is 0 Å². The van der Waals surface area contributed by atoms with Gasteiger partial charge < -0.3 is 5.11 Å². The summed E-state index contributed by atoms with van der Waals surface area (Å²) < 4.78 is 27.3. The van der Waals surface area contributed by atoms with E-state index in [2.05, 4.69) is 4.98 Å². The van der Waals surface area contributed by atoms with E-state index in [-0.39, 0.29) is 5.56 Å². The molecule has 1 N–H and O–H groups in total. The Morgan fingerprint density at radius 2 is 1.76 bits per heavy atom. The van der Waals surface area contributed by atoms with Crippen LogP contribution in [0.25, 0.3) is 10.9 Å². The van der Waals surface area contributed by atoms with E-state index in [9.17, 15) is 13.9 Å². The van der Waals surface area contributed by atoms with Crippen molar-refractivity contribution in [1.82, 2.24) is 4.98 Å². The van der Waals surface area contributed by atoms with Crippen molar-refractivity contribution < 1.29 is 13.9 Å². The lowest BCUT2D eigenvalue weighted by Gasteiger charge is -2.15. The largest absolute Gasteiger partial charge is 0.383 e. The summed E-state index contributed by atoms with van der Waals surface area (Å²) >= 11 is 0. The fourth-order valence-electron chi connectivity index (χ4n) is 2.41. The Morgan fingerprint density at radius 3 is 2.57 bits per heavy atom. The molecule has 1 unspecified atom stereocenters. The van der Waals surface area contributed by atoms with E-state index in [4.69, 9.17) is 0 Å². The average molecular weight is 285 g/mol. The molecular weight excluding hydrogens is 272 g/mol. The highest BCUT2D eigenvalue weighted by Gasteiger charge is 2.19. The first-order valence-corrected chi connectivity index (χ1v) is 6.55. The average Bonchev–Trinajstić information content (AvgIpc) is 2.49. The molecule has 0 spiro atoms. The van der Waals surface area contributed by atoms with Gasteiger partial charge in [0.1, 0.15) is 17.7 Å². The first kappa shape index (κ1) is 13.6. The first-order valence-electron chi connectivity index (χ1n) is 6.55. The molecule has 2 nitrogen and oxygen atoms in total. The molecule has 0 aliphatic heterocycles. The summed E-state index contributed by atoms with van der Waals surface area (Å²) in [5, 5.41) is 11.3. The topological polar surface area (TPSA) is 33.1 Å². The maximum atomic E-state index is 13.9. The number of aliphatic hydroxyl groups is 1. The van der Waals surface area contributed by atoms with Gasteiger partial charge in [0, 0.05) is 28.8 Å². The van der Waals surface area contributed by atoms with Crippen LogP contribution in [-0.4, -0.2) is 10.1 Å². The molecule has 1 heterocycles. The molecule has 0 saturated carbocycles. The number of aryl methyl sites for hydroxylation is 1. The Hall–Kier alpha value is -2.33. The lowest BCUT2D eigenvalue weighted by Crippen LogP contribution is -2.05. The fourth-order valence-corrected chi connectivity index (χ4v) is 2.41. The molecule has 3 rings (SSSR count). The van der Waals surface area contributed by atoms with E-state index in [1.807, 2.05) is 12.1 Å². The molecule has 1 aromatic heterocycles. The van der Waals surface area contributed by atoms with Crippen molar-refractivity contribution >= 4 is 10.9 Å². The van der Waals surface area contributed by atoms with E-state index in [1.54, 1.807) is 24.4 Å². The van der Waals surface area contributed by atoms with Gasteiger partial charge >= 0.3 is 0 Å². The quantitative estimate of drug-likeness (QED) is 0.774. The Bertz CT molecular complexity index is 812. The highest BCUT2D eigenvalue weighted by Crippen LogP contribution is 2.30. The molecule has 1 atom stereocenters. The van der Waals surface area contributed by atoms with Gasteiger partial charge in [0.05, 0.1) is 5.52 Å². The molecule has 0 radical (unpaired) electrons. The summed E-state index contributed by atoms with van der Waals surface area (Å²) in [4.78, 5) is 4.24. The highest BCUT2D eigenvalue weighted by atomic mass is 19.1. The van der Waals surface area contributed by atoms with Crippen LogP contribution in [0.5, 0.6) is 0 Å². The summed E-state index contributed by atoms with van der Waals surface area (Å²) in [7, 11) is 0. The fraction of sp³-hybridized carbons (Fsp3) is 0.118. The molecule has 0 aliphatic carbocycles. The third-order valence-corrected chi connectivity index (χ3v) is 3.53. The summed E-state index contributed by atoms with van der Waals surface area (Å²) in [5.41, 5.74) is 1.44. The minimum absolute atomic E-state index is 0.0482. The van der Waals surface area contributed by atoms with Crippen molar-refractivity contribution in [2.24, 2.45) is 0 Å². The van der Waals surface area contributed by atoms with Gasteiger partial charge in [0.15, 0.2) is 0 Å². The summed E-state index contributed by atoms with van der Waals surface area (Å²) in [5.74, 6) is -1.39. The molecule has 0 saturated heterocycles. The number of aromatic nitrogens is 1. The monoisotopic (exact) mass is 285 g/mol. The number of pyridine rings is 1. The second-order valence-electron chi connectivity index (χ2n) is 4.95. The van der Waals surface area contributed by atoms with Gasteiger partial charge in [-0.1, -0.05) is 24.3 Å². The molecule has 0 aliphatic rings. The van der Waals surface area contributed by atoms with E-state index in [0.717, 1.165) is 11.5 Å². The number of rotatable bonds is 2. The summed E-state index contributed by atoms with van der Waals surface area (Å²) in [6.45, 7) is 1.53. The predicted octanol–water partition coefficient (Wildman–Crippen LogP) is 3.90. The smallest absolute Gasteiger partial charge is 0.132 e. The molecular formula is C17H13F2NO. The van der Waals surface area contributed by atoms with E-state index in [0.29, 0.717) is 16.6 Å². The molecule has 3 aromatic rings. The van der Waals surface area contributed by atoms with Crippen LogP contribution in [0, 0.1) is 18.6 Å². The number of hydrogen-bond acceptors (Lipinski definition) is 2. The second kappa shape index (κ2) is 5.22. The maximum absolute atomic E-state index is 13.9. The Balaban J connectivity index is 2.17.